The van der Waals surface area contributed by atoms with E-state index in [1.54, 1.807) is 0 Å². The molecule has 0 aromatic carbocycles. The van der Waals surface area contributed by atoms with Gasteiger partial charge >= 0.3 is 0 Å². The molecule has 84 valence electrons. The van der Waals surface area contributed by atoms with Crippen molar-refractivity contribution in [3.05, 3.63) is 12.2 Å². The van der Waals surface area contributed by atoms with Gasteiger partial charge in [0.25, 0.3) is 0 Å². The van der Waals surface area contributed by atoms with Crippen LogP contribution in [0.4, 0.5) is 0 Å². The van der Waals surface area contributed by atoms with Gasteiger partial charge in [0.15, 0.2) is 0 Å². The number of hydrogen-bond acceptors (Lipinski definition) is 1. The van der Waals surface area contributed by atoms with Gasteiger partial charge in [-0.1, -0.05) is 62.4 Å². The van der Waals surface area contributed by atoms with Gasteiger partial charge in [0.2, 0.25) is 0 Å². The van der Waals surface area contributed by atoms with Crippen LogP contribution < -0.4 is 5.32 Å². The summed E-state index contributed by atoms with van der Waals surface area (Å²) in [4.78, 5) is 0. The van der Waals surface area contributed by atoms with Crippen LogP contribution in [-0.4, -0.2) is 16.0 Å². The van der Waals surface area contributed by atoms with Crippen LogP contribution in [-0.2, 0) is 0 Å². The summed E-state index contributed by atoms with van der Waals surface area (Å²) < 4.78 is 0.368. The molecule has 0 bridgehead atoms. The third kappa shape index (κ3) is 7.80. The van der Waals surface area contributed by atoms with Gasteiger partial charge < -0.3 is 5.32 Å². The molecule has 0 spiro atoms. The van der Waals surface area contributed by atoms with Crippen LogP contribution in [0.3, 0.4) is 0 Å². The van der Waals surface area contributed by atoms with Crippen LogP contribution in [0.2, 0.25) is 0 Å². The van der Waals surface area contributed by atoms with Crippen molar-refractivity contribution in [1.29, 1.82) is 0 Å². The smallest absolute Gasteiger partial charge is 0.0243 e. The van der Waals surface area contributed by atoms with Crippen LogP contribution in [0.5, 0.6) is 0 Å². The van der Waals surface area contributed by atoms with E-state index in [0.29, 0.717) is 9.46 Å². The van der Waals surface area contributed by atoms with E-state index in [2.05, 4.69) is 62.2 Å². The van der Waals surface area contributed by atoms with Crippen molar-refractivity contribution in [2.75, 3.05) is 6.54 Å². The fourth-order valence-electron chi connectivity index (χ4n) is 1.36. The second-order valence-electron chi connectivity index (χ2n) is 4.55. The number of nitrogens with one attached hydrogen (secondary N) is 1. The van der Waals surface area contributed by atoms with Gasteiger partial charge in [-0.05, 0) is 25.8 Å². The van der Waals surface area contributed by atoms with E-state index in [9.17, 15) is 0 Å². The summed E-state index contributed by atoms with van der Waals surface area (Å²) in [6, 6.07) is 0.594. The number of allylic oxidation sites excluding steroid dienone is 1. The largest absolute Gasteiger partial charge is 0.314 e. The molecule has 0 saturated carbocycles. The van der Waals surface area contributed by atoms with E-state index in [1.165, 1.54) is 12.0 Å². The van der Waals surface area contributed by atoms with E-state index in [4.69, 9.17) is 0 Å². The Kier molecular flexibility index (Phi) is 7.04. The molecule has 0 aliphatic rings. The first-order valence-electron chi connectivity index (χ1n) is 5.46. The monoisotopic (exact) mass is 309 g/mol. The first-order chi connectivity index (χ1) is 6.37. The molecule has 0 amide bonds. The van der Waals surface area contributed by atoms with Gasteiger partial charge in [0.05, 0.1) is 0 Å². The standard InChI is InChI=1S/C12H24IN/c1-6-11(4)9-12(5,13)7-8-14-10(2)3/h10,14H,4,6-9H2,1-3,5H3. The van der Waals surface area contributed by atoms with Crippen molar-refractivity contribution in [1.82, 2.24) is 5.32 Å². The SMILES string of the molecule is C=C(CC)CC(C)(I)CCNC(C)C. The molecule has 0 aromatic rings. The summed E-state index contributed by atoms with van der Waals surface area (Å²) in [5.74, 6) is 0. The number of rotatable bonds is 7. The fourth-order valence-corrected chi connectivity index (χ4v) is 2.17. The number of alkyl halides is 1. The second-order valence-corrected chi connectivity index (χ2v) is 7.16. The van der Waals surface area contributed by atoms with Crippen LogP contribution >= 0.6 is 22.6 Å². The fraction of sp³-hybridized carbons (Fsp3) is 0.833. The second kappa shape index (κ2) is 6.83. The third-order valence-corrected chi connectivity index (χ3v) is 3.24. The van der Waals surface area contributed by atoms with E-state index < -0.39 is 0 Å². The van der Waals surface area contributed by atoms with E-state index in [1.807, 2.05) is 0 Å². The molecule has 0 rings (SSSR count). The zero-order chi connectivity index (χ0) is 11.2. The van der Waals surface area contributed by atoms with Crippen LogP contribution in [0.15, 0.2) is 12.2 Å². The first kappa shape index (κ1) is 14.4. The topological polar surface area (TPSA) is 12.0 Å². The molecule has 0 radical (unpaired) electrons. The molecule has 0 saturated heterocycles. The summed E-state index contributed by atoms with van der Waals surface area (Å²) in [6.07, 6.45) is 3.46. The molecule has 0 heterocycles. The minimum absolute atomic E-state index is 0.368. The average molecular weight is 309 g/mol. The maximum atomic E-state index is 4.08. The highest BCUT2D eigenvalue weighted by Gasteiger charge is 2.20. The van der Waals surface area contributed by atoms with E-state index >= 15 is 0 Å². The Hall–Kier alpha value is 0.430. The third-order valence-electron chi connectivity index (χ3n) is 2.32. The van der Waals surface area contributed by atoms with Gasteiger partial charge in [-0.25, -0.2) is 0 Å². The van der Waals surface area contributed by atoms with Crippen molar-refractivity contribution in [3.8, 4) is 0 Å². The summed E-state index contributed by atoms with van der Waals surface area (Å²) in [5.41, 5.74) is 1.37. The molecule has 1 N–H and O–H groups in total. The lowest BCUT2D eigenvalue weighted by Crippen LogP contribution is -2.29. The van der Waals surface area contributed by atoms with Gasteiger partial charge in [-0.2, -0.15) is 0 Å². The molecule has 0 fully saturated rings. The van der Waals surface area contributed by atoms with Crippen LogP contribution in [0.25, 0.3) is 0 Å². The Morgan fingerprint density at radius 1 is 1.50 bits per heavy atom. The van der Waals surface area contributed by atoms with Crippen molar-refractivity contribution in [2.24, 2.45) is 0 Å². The minimum Gasteiger partial charge on any atom is -0.314 e. The Morgan fingerprint density at radius 3 is 2.50 bits per heavy atom. The zero-order valence-electron chi connectivity index (χ0n) is 9.99. The Morgan fingerprint density at radius 2 is 2.07 bits per heavy atom. The lowest BCUT2D eigenvalue weighted by Gasteiger charge is -2.24. The summed E-state index contributed by atoms with van der Waals surface area (Å²) in [5, 5.41) is 3.46. The zero-order valence-corrected chi connectivity index (χ0v) is 12.1. The maximum absolute atomic E-state index is 4.08. The summed E-state index contributed by atoms with van der Waals surface area (Å²) in [6.45, 7) is 14.1. The highest BCUT2D eigenvalue weighted by atomic mass is 127. The Bertz CT molecular complexity index is 173. The van der Waals surface area contributed by atoms with Crippen molar-refractivity contribution in [3.63, 3.8) is 0 Å². The minimum atomic E-state index is 0.368. The molecule has 0 aliphatic carbocycles. The molecule has 14 heavy (non-hydrogen) atoms. The van der Waals surface area contributed by atoms with Crippen molar-refractivity contribution < 1.29 is 0 Å². The normalized spacial score (nSPS) is 15.6. The average Bonchev–Trinajstić information content (AvgIpc) is 2.02. The van der Waals surface area contributed by atoms with Crippen molar-refractivity contribution >= 4 is 22.6 Å². The van der Waals surface area contributed by atoms with Crippen LogP contribution in [0, 0.1) is 0 Å². The number of hydrogen-bond donors (Lipinski definition) is 1. The molecule has 1 nitrogen and oxygen atoms in total. The molecule has 0 aliphatic heterocycles. The summed E-state index contributed by atoms with van der Waals surface area (Å²) >= 11 is 2.56. The van der Waals surface area contributed by atoms with Gasteiger partial charge in [-0.15, -0.1) is 0 Å². The molecular weight excluding hydrogens is 285 g/mol. The first-order valence-corrected chi connectivity index (χ1v) is 6.54. The predicted octanol–water partition coefficient (Wildman–Crippen LogP) is 3.92. The molecule has 1 unspecified atom stereocenters. The van der Waals surface area contributed by atoms with Gasteiger partial charge in [-0.3, -0.25) is 0 Å². The maximum Gasteiger partial charge on any atom is 0.0243 e. The van der Waals surface area contributed by atoms with E-state index in [0.717, 1.165) is 19.4 Å². The molecular formula is C12H24IN. The van der Waals surface area contributed by atoms with Gasteiger partial charge in [0.1, 0.15) is 0 Å². The van der Waals surface area contributed by atoms with Crippen LogP contribution in [0.1, 0.15) is 47.0 Å². The quantitative estimate of drug-likeness (QED) is 0.427. The Labute approximate surface area is 103 Å². The molecule has 0 aromatic heterocycles. The lowest BCUT2D eigenvalue weighted by atomic mass is 9.97. The van der Waals surface area contributed by atoms with Crippen molar-refractivity contribution in [2.45, 2.75) is 56.4 Å². The predicted molar refractivity (Wildman–Crippen MR) is 74.2 cm³/mol. The highest BCUT2D eigenvalue weighted by Crippen LogP contribution is 2.30. The lowest BCUT2D eigenvalue weighted by molar-refractivity contribution is 0.517. The number of halogens is 1. The highest BCUT2D eigenvalue weighted by molar-refractivity contribution is 14.1. The van der Waals surface area contributed by atoms with Gasteiger partial charge in [0, 0.05) is 9.46 Å². The molecule has 2 heteroatoms. The summed E-state index contributed by atoms with van der Waals surface area (Å²) in [7, 11) is 0. The molecule has 1 atom stereocenters. The Balaban J connectivity index is 3.77. The van der Waals surface area contributed by atoms with E-state index in [-0.39, 0.29) is 0 Å².